The fraction of sp³-hybridized carbons (Fsp3) is 0.0556. The summed E-state index contributed by atoms with van der Waals surface area (Å²) < 4.78 is 12.8. The van der Waals surface area contributed by atoms with Crippen LogP contribution in [0.1, 0.15) is 11.1 Å². The summed E-state index contributed by atoms with van der Waals surface area (Å²) in [4.78, 5) is 2.54. The lowest BCUT2D eigenvalue weighted by Crippen LogP contribution is -1.82. The number of aryl methyl sites for hydroxylation is 2. The van der Waals surface area contributed by atoms with Crippen molar-refractivity contribution in [3.63, 3.8) is 0 Å². The molecule has 0 unspecified atom stereocenters. The van der Waals surface area contributed by atoms with Crippen LogP contribution in [0.3, 0.4) is 0 Å². The molecule has 0 spiro atoms. The molecular formula is C36H20Br4S4. The summed E-state index contributed by atoms with van der Waals surface area (Å²) >= 11 is 23.4. The Morgan fingerprint density at radius 2 is 0.727 bits per heavy atom. The molecule has 4 heterocycles. The normalized spacial score (nSPS) is 11.9. The lowest BCUT2D eigenvalue weighted by molar-refractivity contribution is 1.47. The Morgan fingerprint density at radius 1 is 0.386 bits per heavy atom. The average molecular weight is 900 g/mol. The molecule has 0 N–H and O–H groups in total. The molecule has 216 valence electrons. The Labute approximate surface area is 304 Å². The van der Waals surface area contributed by atoms with Gasteiger partial charge in [0.1, 0.15) is 0 Å². The highest BCUT2D eigenvalue weighted by atomic mass is 79.9. The van der Waals surface area contributed by atoms with E-state index < -0.39 is 0 Å². The maximum absolute atomic E-state index is 4.01. The molecule has 0 atom stereocenters. The number of hydrogen-bond donors (Lipinski definition) is 0. The SMILES string of the molecule is Cc1ccc(-c2ccc(-c3sc4c(sc5c6sc(-c7ccc(-c8ccc(C)cc8)cc7Br)c(Br)c6sc45)c3Br)c(Br)c2)cc1. The zero-order valence-corrected chi connectivity index (χ0v) is 32.8. The van der Waals surface area contributed by atoms with Crippen LogP contribution >= 0.6 is 109 Å². The van der Waals surface area contributed by atoms with Gasteiger partial charge in [-0.2, -0.15) is 0 Å². The zero-order valence-electron chi connectivity index (χ0n) is 23.2. The fourth-order valence-electron chi connectivity index (χ4n) is 5.47. The van der Waals surface area contributed by atoms with Crippen molar-refractivity contribution < 1.29 is 0 Å². The van der Waals surface area contributed by atoms with Crippen molar-refractivity contribution in [2.45, 2.75) is 13.8 Å². The molecule has 0 fully saturated rings. The van der Waals surface area contributed by atoms with Gasteiger partial charge in [0.2, 0.25) is 0 Å². The van der Waals surface area contributed by atoms with Gasteiger partial charge in [0.15, 0.2) is 0 Å². The second-order valence-electron chi connectivity index (χ2n) is 10.8. The predicted molar refractivity (Wildman–Crippen MR) is 212 cm³/mol. The van der Waals surface area contributed by atoms with Crippen LogP contribution in [0.2, 0.25) is 0 Å². The van der Waals surface area contributed by atoms with Crippen molar-refractivity contribution in [2.24, 2.45) is 0 Å². The molecule has 0 nitrogen and oxygen atoms in total. The van der Waals surface area contributed by atoms with Crippen LogP contribution in [0.5, 0.6) is 0 Å². The molecule has 0 radical (unpaired) electrons. The minimum Gasteiger partial charge on any atom is -0.131 e. The van der Waals surface area contributed by atoms with Crippen molar-refractivity contribution in [1.29, 1.82) is 0 Å². The van der Waals surface area contributed by atoms with Crippen molar-refractivity contribution in [1.82, 2.24) is 0 Å². The first-order valence-electron chi connectivity index (χ1n) is 13.8. The molecule has 8 rings (SSSR count). The second-order valence-corrected chi connectivity index (χ2v) is 18.2. The number of benzene rings is 4. The fourth-order valence-corrected chi connectivity index (χ4v) is 14.7. The number of fused-ring (bicyclic) bond motifs is 5. The number of thiophene rings is 4. The summed E-state index contributed by atoms with van der Waals surface area (Å²) in [6, 6.07) is 30.8. The number of rotatable bonds is 4. The zero-order chi connectivity index (χ0) is 30.3. The summed E-state index contributed by atoms with van der Waals surface area (Å²) in [7, 11) is 0. The van der Waals surface area contributed by atoms with Gasteiger partial charge in [-0.1, -0.05) is 116 Å². The van der Waals surface area contributed by atoms with E-state index in [0.29, 0.717) is 0 Å². The van der Waals surface area contributed by atoms with Crippen LogP contribution in [0.25, 0.3) is 71.3 Å². The van der Waals surface area contributed by atoms with Crippen molar-refractivity contribution in [3.05, 3.63) is 114 Å². The van der Waals surface area contributed by atoms with E-state index in [-0.39, 0.29) is 0 Å². The highest BCUT2D eigenvalue weighted by molar-refractivity contribution is 9.11. The first-order valence-corrected chi connectivity index (χ1v) is 20.2. The third-order valence-electron chi connectivity index (χ3n) is 7.84. The van der Waals surface area contributed by atoms with Crippen LogP contribution in [0.4, 0.5) is 0 Å². The van der Waals surface area contributed by atoms with E-state index in [9.17, 15) is 0 Å². The van der Waals surface area contributed by atoms with Gasteiger partial charge in [0.05, 0.1) is 46.9 Å². The average Bonchev–Trinajstić information content (AvgIpc) is 3.73. The first-order chi connectivity index (χ1) is 21.3. The lowest BCUT2D eigenvalue weighted by Gasteiger charge is -2.08. The summed E-state index contributed by atoms with van der Waals surface area (Å²) in [5.41, 5.74) is 9.87. The van der Waals surface area contributed by atoms with Crippen molar-refractivity contribution in [2.75, 3.05) is 0 Å². The Hall–Kier alpha value is -1.62. The smallest absolute Gasteiger partial charge is 0.0651 e. The Bertz CT molecular complexity index is 2220. The van der Waals surface area contributed by atoms with E-state index in [1.54, 1.807) is 0 Å². The molecule has 0 amide bonds. The molecular weight excluding hydrogens is 880 g/mol. The van der Waals surface area contributed by atoms with E-state index in [0.717, 1.165) is 8.95 Å². The van der Waals surface area contributed by atoms with Gasteiger partial charge in [0, 0.05) is 20.1 Å². The van der Waals surface area contributed by atoms with Gasteiger partial charge in [-0.15, -0.1) is 45.3 Å². The Balaban J connectivity index is 1.18. The van der Waals surface area contributed by atoms with Crippen LogP contribution in [-0.4, -0.2) is 0 Å². The van der Waals surface area contributed by atoms with E-state index in [1.807, 2.05) is 45.3 Å². The van der Waals surface area contributed by atoms with Crippen LogP contribution in [-0.2, 0) is 0 Å². The van der Waals surface area contributed by atoms with E-state index in [4.69, 9.17) is 0 Å². The topological polar surface area (TPSA) is 0 Å². The maximum atomic E-state index is 4.01. The van der Waals surface area contributed by atoms with E-state index >= 15 is 0 Å². The second kappa shape index (κ2) is 11.6. The van der Waals surface area contributed by atoms with Gasteiger partial charge in [-0.25, -0.2) is 0 Å². The number of hydrogen-bond acceptors (Lipinski definition) is 4. The molecule has 8 heteroatoms. The van der Waals surface area contributed by atoms with Gasteiger partial charge in [-0.05, 0) is 80.1 Å². The van der Waals surface area contributed by atoms with E-state index in [2.05, 4.69) is 162 Å². The predicted octanol–water partition coefficient (Wildman–Crippen LogP) is 15.7. The van der Waals surface area contributed by atoms with Crippen molar-refractivity contribution >= 4 is 137 Å². The quantitative estimate of drug-likeness (QED) is 0.165. The number of halogens is 4. The molecule has 0 aliphatic heterocycles. The van der Waals surface area contributed by atoms with E-state index in [1.165, 1.54) is 91.4 Å². The van der Waals surface area contributed by atoms with Gasteiger partial charge >= 0.3 is 0 Å². The highest BCUT2D eigenvalue weighted by Gasteiger charge is 2.25. The molecule has 0 aliphatic carbocycles. The molecule has 0 saturated heterocycles. The minimum atomic E-state index is 1.11. The molecule has 44 heavy (non-hydrogen) atoms. The standard InChI is InChI=1S/C36H20Br4S4/c1-17-3-7-19(8-4-17)21-11-13-23(25(37)15-21)29-27(39)31-33(41-29)35-36(43-31)34-32(44-35)28(40)30(42-34)24-14-12-22(16-26(24)38)20-9-5-18(2)6-10-20/h3-16H,1-2H3. The lowest BCUT2D eigenvalue weighted by atomic mass is 10.0. The highest BCUT2D eigenvalue weighted by Crippen LogP contribution is 2.58. The largest absolute Gasteiger partial charge is 0.131 e. The Morgan fingerprint density at radius 3 is 1.09 bits per heavy atom. The summed E-state index contributed by atoms with van der Waals surface area (Å²) in [5, 5.41) is 0. The molecule has 0 aliphatic rings. The van der Waals surface area contributed by atoms with Crippen LogP contribution in [0.15, 0.2) is 103 Å². The van der Waals surface area contributed by atoms with Gasteiger partial charge in [0.25, 0.3) is 0 Å². The van der Waals surface area contributed by atoms with Crippen molar-refractivity contribution in [3.8, 4) is 43.1 Å². The molecule has 8 aromatic rings. The minimum absolute atomic E-state index is 1.11. The maximum Gasteiger partial charge on any atom is 0.0651 e. The van der Waals surface area contributed by atoms with Crippen LogP contribution < -0.4 is 0 Å². The molecule has 0 bridgehead atoms. The van der Waals surface area contributed by atoms with Gasteiger partial charge in [-0.3, -0.25) is 0 Å². The monoisotopic (exact) mass is 896 g/mol. The van der Waals surface area contributed by atoms with Gasteiger partial charge < -0.3 is 0 Å². The summed E-state index contributed by atoms with van der Waals surface area (Å²) in [5.74, 6) is 0. The molecule has 4 aromatic carbocycles. The summed E-state index contributed by atoms with van der Waals surface area (Å²) in [6.45, 7) is 4.25. The molecule has 0 saturated carbocycles. The molecule has 4 aromatic heterocycles. The Kier molecular flexibility index (Phi) is 7.82. The third-order valence-corrected chi connectivity index (χ3v) is 17.4. The van der Waals surface area contributed by atoms with Crippen LogP contribution in [0, 0.1) is 13.8 Å². The third kappa shape index (κ3) is 4.96. The first kappa shape index (κ1) is 29.8. The summed E-state index contributed by atoms with van der Waals surface area (Å²) in [6.07, 6.45) is 0.